The van der Waals surface area contributed by atoms with Gasteiger partial charge in [-0.3, -0.25) is 14.4 Å². The number of aliphatic hydroxyl groups is 2. The van der Waals surface area contributed by atoms with E-state index in [-0.39, 0.29) is 40.7 Å². The normalized spacial score (nSPS) is 27.5. The van der Waals surface area contributed by atoms with Crippen LogP contribution in [0.15, 0.2) is 34.8 Å². The first kappa shape index (κ1) is 23.6. The molecular formula is C26H31N3O6. The third-order valence-corrected chi connectivity index (χ3v) is 8.14. The summed E-state index contributed by atoms with van der Waals surface area (Å²) in [6.07, 6.45) is 2.89. The Balaban J connectivity index is 1.44. The van der Waals surface area contributed by atoms with Crippen LogP contribution < -0.4 is 11.1 Å². The van der Waals surface area contributed by atoms with E-state index < -0.39 is 34.9 Å². The number of primary amides is 1. The number of likely N-dealkylation sites (tertiary alicyclic amines) is 1. The summed E-state index contributed by atoms with van der Waals surface area (Å²) in [7, 11) is 2.09. The highest BCUT2D eigenvalue weighted by molar-refractivity contribution is 6.22. The molecule has 9 heteroatoms. The molecule has 1 amide bonds. The Hall–Kier alpha value is -3.17. The monoisotopic (exact) mass is 481 g/mol. The van der Waals surface area contributed by atoms with Gasteiger partial charge in [0.1, 0.15) is 22.8 Å². The van der Waals surface area contributed by atoms with Gasteiger partial charge in [-0.25, -0.2) is 0 Å². The summed E-state index contributed by atoms with van der Waals surface area (Å²) < 4.78 is 0. The molecule has 3 unspecified atom stereocenters. The second-order valence-electron chi connectivity index (χ2n) is 10.3. The van der Waals surface area contributed by atoms with Gasteiger partial charge in [-0.15, -0.1) is 0 Å². The number of carbonyl (C=O) groups is 3. The first-order valence-corrected chi connectivity index (χ1v) is 12.2. The van der Waals surface area contributed by atoms with Gasteiger partial charge in [0.25, 0.3) is 5.91 Å². The Morgan fingerprint density at radius 2 is 1.86 bits per heavy atom. The molecule has 1 aromatic carbocycles. The number of rotatable bonds is 4. The lowest BCUT2D eigenvalue weighted by molar-refractivity contribution is -0.126. The van der Waals surface area contributed by atoms with Crippen molar-refractivity contribution < 1.29 is 29.7 Å². The molecule has 186 valence electrons. The van der Waals surface area contributed by atoms with Crippen molar-refractivity contribution in [3.8, 4) is 5.75 Å². The average Bonchev–Trinajstić information content (AvgIpc) is 2.78. The summed E-state index contributed by atoms with van der Waals surface area (Å²) in [4.78, 5) is 40.5. The highest BCUT2D eigenvalue weighted by atomic mass is 16.3. The largest absolute Gasteiger partial charge is 0.511 e. The number of carbonyl (C=O) groups excluding carboxylic acids is 3. The number of ketones is 2. The van der Waals surface area contributed by atoms with Crippen molar-refractivity contribution >= 4 is 17.5 Å². The quantitative estimate of drug-likeness (QED) is 0.407. The van der Waals surface area contributed by atoms with E-state index in [2.05, 4.69) is 17.3 Å². The van der Waals surface area contributed by atoms with Crippen LogP contribution in [0.1, 0.15) is 47.2 Å². The van der Waals surface area contributed by atoms with Gasteiger partial charge in [-0.1, -0.05) is 12.1 Å². The van der Waals surface area contributed by atoms with Gasteiger partial charge in [-0.2, -0.15) is 0 Å². The zero-order valence-corrected chi connectivity index (χ0v) is 19.7. The molecule has 1 heterocycles. The number of phenolic OH excluding ortho intramolecular Hbond substituents is 1. The van der Waals surface area contributed by atoms with Gasteiger partial charge in [0.2, 0.25) is 0 Å². The zero-order chi connectivity index (χ0) is 25.0. The number of hydrogen-bond acceptors (Lipinski definition) is 8. The Morgan fingerprint density at radius 1 is 1.14 bits per heavy atom. The molecule has 0 radical (unpaired) electrons. The van der Waals surface area contributed by atoms with Crippen molar-refractivity contribution in [1.82, 2.24) is 10.2 Å². The SMILES string of the molecule is CN1CCC(NCc2ccc3c(c2O)C(=O)C2=C(O)C4C(=O)C(C(N)=O)=C(O)CC4CC2C3)CC1. The number of nitrogens with one attached hydrogen (secondary N) is 1. The van der Waals surface area contributed by atoms with E-state index >= 15 is 0 Å². The van der Waals surface area contributed by atoms with Crippen LogP contribution in [0.3, 0.4) is 0 Å². The molecule has 35 heavy (non-hydrogen) atoms. The Morgan fingerprint density at radius 3 is 2.54 bits per heavy atom. The summed E-state index contributed by atoms with van der Waals surface area (Å²) in [6, 6.07) is 4.03. The molecule has 0 bridgehead atoms. The predicted octanol–water partition coefficient (Wildman–Crippen LogP) is 1.65. The fourth-order valence-electron chi connectivity index (χ4n) is 6.27. The second-order valence-corrected chi connectivity index (χ2v) is 10.3. The van der Waals surface area contributed by atoms with E-state index in [9.17, 15) is 29.7 Å². The first-order chi connectivity index (χ1) is 16.7. The van der Waals surface area contributed by atoms with Crippen LogP contribution in [-0.2, 0) is 22.6 Å². The standard InChI is InChI=1S/C26H31N3O6/c1-29-6-4-16(5-7-29)28-11-13-3-2-12-8-14-9-15-10-17(30)21(26(27)35)25(34)20(15)24(33)19(14)23(32)18(12)22(13)31/h2-3,14-16,20,28,30-31,33H,4-11H2,1H3,(H2,27,35). The van der Waals surface area contributed by atoms with Gasteiger partial charge in [0.15, 0.2) is 11.6 Å². The lowest BCUT2D eigenvalue weighted by Gasteiger charge is -2.40. The Kier molecular flexibility index (Phi) is 5.93. The topological polar surface area (TPSA) is 153 Å². The molecule has 3 aliphatic carbocycles. The van der Waals surface area contributed by atoms with Crippen LogP contribution in [0.4, 0.5) is 0 Å². The zero-order valence-electron chi connectivity index (χ0n) is 19.7. The molecule has 0 saturated carbocycles. The number of Topliss-reactive ketones (excluding diaryl/α,β-unsaturated/α-hetero) is 2. The lowest BCUT2D eigenvalue weighted by atomic mass is 9.62. The smallest absolute Gasteiger partial charge is 0.255 e. The molecule has 6 N–H and O–H groups in total. The van der Waals surface area contributed by atoms with E-state index in [0.29, 0.717) is 36.6 Å². The molecule has 1 aliphatic heterocycles. The number of nitrogens with two attached hydrogens (primary N) is 1. The number of allylic oxidation sites excluding steroid dienone is 3. The van der Waals surface area contributed by atoms with Crippen LogP contribution in [0.5, 0.6) is 5.75 Å². The minimum atomic E-state index is -1.10. The summed E-state index contributed by atoms with van der Waals surface area (Å²) in [6.45, 7) is 2.43. The average molecular weight is 482 g/mol. The predicted molar refractivity (Wildman–Crippen MR) is 127 cm³/mol. The molecule has 5 rings (SSSR count). The number of benzene rings is 1. The van der Waals surface area contributed by atoms with E-state index in [0.717, 1.165) is 25.9 Å². The number of amides is 1. The van der Waals surface area contributed by atoms with E-state index in [4.69, 9.17) is 5.73 Å². The van der Waals surface area contributed by atoms with Crippen molar-refractivity contribution in [2.75, 3.05) is 20.1 Å². The molecule has 1 saturated heterocycles. The molecule has 0 spiro atoms. The molecule has 1 fully saturated rings. The molecule has 1 aromatic rings. The lowest BCUT2D eigenvalue weighted by Crippen LogP contribution is -2.43. The molecular weight excluding hydrogens is 450 g/mol. The third-order valence-electron chi connectivity index (χ3n) is 8.14. The number of phenols is 1. The van der Waals surface area contributed by atoms with Crippen LogP contribution >= 0.6 is 0 Å². The van der Waals surface area contributed by atoms with Gasteiger partial charge >= 0.3 is 0 Å². The molecule has 4 aliphatic rings. The molecule has 9 nitrogen and oxygen atoms in total. The summed E-state index contributed by atoms with van der Waals surface area (Å²) >= 11 is 0. The Labute approximate surface area is 203 Å². The fraction of sp³-hybridized carbons (Fsp3) is 0.500. The number of aliphatic hydroxyl groups excluding tert-OH is 2. The number of aromatic hydroxyl groups is 1. The number of fused-ring (bicyclic) bond motifs is 3. The minimum absolute atomic E-state index is 0.0381. The van der Waals surface area contributed by atoms with Crippen LogP contribution in [0.2, 0.25) is 0 Å². The highest BCUT2D eigenvalue weighted by Gasteiger charge is 2.50. The van der Waals surface area contributed by atoms with Gasteiger partial charge in [0.05, 0.1) is 11.5 Å². The van der Waals surface area contributed by atoms with Crippen LogP contribution in [0, 0.1) is 17.8 Å². The first-order valence-electron chi connectivity index (χ1n) is 12.2. The highest BCUT2D eigenvalue weighted by Crippen LogP contribution is 2.49. The van der Waals surface area contributed by atoms with Crippen LogP contribution in [-0.4, -0.2) is 63.9 Å². The number of hydrogen-bond donors (Lipinski definition) is 5. The maximum atomic E-state index is 13.6. The summed E-state index contributed by atoms with van der Waals surface area (Å²) in [5.74, 6) is -4.98. The van der Waals surface area contributed by atoms with Gasteiger partial charge < -0.3 is 31.3 Å². The van der Waals surface area contributed by atoms with Crippen molar-refractivity contribution in [1.29, 1.82) is 0 Å². The summed E-state index contributed by atoms with van der Waals surface area (Å²) in [5.41, 5.74) is 6.37. The van der Waals surface area contributed by atoms with Crippen molar-refractivity contribution in [2.24, 2.45) is 23.5 Å². The van der Waals surface area contributed by atoms with Crippen molar-refractivity contribution in [3.63, 3.8) is 0 Å². The van der Waals surface area contributed by atoms with Gasteiger partial charge in [0, 0.05) is 30.1 Å². The molecule has 3 atom stereocenters. The third kappa shape index (κ3) is 3.92. The second kappa shape index (κ2) is 8.80. The molecule has 0 aromatic heterocycles. The summed E-state index contributed by atoms with van der Waals surface area (Å²) in [5, 5.41) is 35.8. The van der Waals surface area contributed by atoms with E-state index in [1.807, 2.05) is 12.1 Å². The maximum absolute atomic E-state index is 13.6. The fourth-order valence-corrected chi connectivity index (χ4v) is 6.27. The minimum Gasteiger partial charge on any atom is -0.511 e. The van der Waals surface area contributed by atoms with Crippen LogP contribution in [0.25, 0.3) is 0 Å². The van der Waals surface area contributed by atoms with E-state index in [1.165, 1.54) is 0 Å². The maximum Gasteiger partial charge on any atom is 0.255 e. The van der Waals surface area contributed by atoms with E-state index in [1.54, 1.807) is 0 Å². The van der Waals surface area contributed by atoms with Crippen molar-refractivity contribution in [2.45, 2.75) is 44.7 Å². The number of piperidine rings is 1. The Bertz CT molecular complexity index is 1180. The number of nitrogens with zero attached hydrogens (tertiary/aromatic N) is 1. The van der Waals surface area contributed by atoms with Gasteiger partial charge in [-0.05, 0) is 63.2 Å². The van der Waals surface area contributed by atoms with Crippen molar-refractivity contribution in [3.05, 3.63) is 51.5 Å².